The number of sulfone groups is 1. The van der Waals surface area contributed by atoms with Gasteiger partial charge in [-0.25, -0.2) is 22.8 Å². The summed E-state index contributed by atoms with van der Waals surface area (Å²) in [6, 6.07) is 6.37. The smallest absolute Gasteiger partial charge is 0.258 e. The second-order valence-electron chi connectivity index (χ2n) is 8.01. The van der Waals surface area contributed by atoms with Gasteiger partial charge in [0.15, 0.2) is 9.84 Å². The summed E-state index contributed by atoms with van der Waals surface area (Å²) in [5.41, 5.74) is 0.597. The zero-order chi connectivity index (χ0) is 23.6. The SMILES string of the molecule is CCc1cnc(N2CCC(Oc3ccn(-c4ccc(S(C)(=O)=O)cc4F)c(=O)c3)CC2)nc1. The number of anilines is 1. The largest absolute Gasteiger partial charge is 0.490 e. The van der Waals surface area contributed by atoms with Crippen molar-refractivity contribution < 1.29 is 17.5 Å². The maximum atomic E-state index is 14.5. The Morgan fingerprint density at radius 2 is 1.82 bits per heavy atom. The van der Waals surface area contributed by atoms with Gasteiger partial charge in [-0.3, -0.25) is 9.36 Å². The third kappa shape index (κ3) is 5.22. The van der Waals surface area contributed by atoms with Crippen LogP contribution >= 0.6 is 0 Å². The van der Waals surface area contributed by atoms with Crippen molar-refractivity contribution in [1.29, 1.82) is 0 Å². The van der Waals surface area contributed by atoms with Crippen LogP contribution in [0.2, 0.25) is 0 Å². The average Bonchev–Trinajstić information content (AvgIpc) is 2.79. The monoisotopic (exact) mass is 472 g/mol. The van der Waals surface area contributed by atoms with Crippen LogP contribution in [-0.4, -0.2) is 48.4 Å². The van der Waals surface area contributed by atoms with Crippen molar-refractivity contribution in [2.75, 3.05) is 24.2 Å². The van der Waals surface area contributed by atoms with Crippen molar-refractivity contribution in [1.82, 2.24) is 14.5 Å². The lowest BCUT2D eigenvalue weighted by Gasteiger charge is -2.32. The molecule has 174 valence electrons. The third-order valence-electron chi connectivity index (χ3n) is 5.63. The molecule has 3 heterocycles. The molecule has 1 aromatic carbocycles. The summed E-state index contributed by atoms with van der Waals surface area (Å²) in [6.07, 6.45) is 8.46. The number of rotatable bonds is 6. The van der Waals surface area contributed by atoms with Crippen LogP contribution in [0, 0.1) is 5.82 Å². The Balaban J connectivity index is 1.41. The number of halogens is 1. The molecular formula is C23H25FN4O4S. The van der Waals surface area contributed by atoms with Gasteiger partial charge in [0.2, 0.25) is 5.95 Å². The molecule has 3 aromatic rings. The van der Waals surface area contributed by atoms with Gasteiger partial charge in [-0.15, -0.1) is 0 Å². The molecule has 8 nitrogen and oxygen atoms in total. The van der Waals surface area contributed by atoms with Gasteiger partial charge in [0.05, 0.1) is 10.6 Å². The first kappa shape index (κ1) is 22.9. The molecule has 2 aromatic heterocycles. The van der Waals surface area contributed by atoms with Crippen molar-refractivity contribution in [3.05, 3.63) is 70.7 Å². The molecule has 1 aliphatic heterocycles. The number of piperidine rings is 1. The number of ether oxygens (including phenoxy) is 1. The quantitative estimate of drug-likeness (QED) is 0.544. The van der Waals surface area contributed by atoms with Gasteiger partial charge in [0.1, 0.15) is 17.7 Å². The minimum absolute atomic E-state index is 0.0265. The van der Waals surface area contributed by atoms with Crippen LogP contribution in [0.5, 0.6) is 5.75 Å². The highest BCUT2D eigenvalue weighted by Gasteiger charge is 2.22. The first-order valence-electron chi connectivity index (χ1n) is 10.7. The molecule has 4 rings (SSSR count). The van der Waals surface area contributed by atoms with Gasteiger partial charge >= 0.3 is 0 Å². The number of hydrogen-bond acceptors (Lipinski definition) is 7. The molecule has 0 saturated carbocycles. The highest BCUT2D eigenvalue weighted by molar-refractivity contribution is 7.90. The maximum absolute atomic E-state index is 14.5. The molecule has 0 unspecified atom stereocenters. The third-order valence-corrected chi connectivity index (χ3v) is 6.74. The van der Waals surface area contributed by atoms with Gasteiger partial charge in [0, 0.05) is 56.8 Å². The molecule has 1 fully saturated rings. The molecule has 0 bridgehead atoms. The minimum atomic E-state index is -3.54. The van der Waals surface area contributed by atoms with E-state index >= 15 is 0 Å². The summed E-state index contributed by atoms with van der Waals surface area (Å²) in [5, 5.41) is 0. The summed E-state index contributed by atoms with van der Waals surface area (Å²) >= 11 is 0. The Kier molecular flexibility index (Phi) is 6.46. The van der Waals surface area contributed by atoms with Crippen LogP contribution in [0.15, 0.2) is 58.6 Å². The van der Waals surface area contributed by atoms with Crippen molar-refractivity contribution in [3.63, 3.8) is 0 Å². The number of aromatic nitrogens is 3. The van der Waals surface area contributed by atoms with Crippen LogP contribution in [0.3, 0.4) is 0 Å². The molecule has 10 heteroatoms. The predicted octanol–water partition coefficient (Wildman–Crippen LogP) is 2.78. The van der Waals surface area contributed by atoms with Crippen LogP contribution in [0.4, 0.5) is 10.3 Å². The number of pyridine rings is 1. The number of aryl methyl sites for hydroxylation is 1. The summed E-state index contributed by atoms with van der Waals surface area (Å²) in [6.45, 7) is 3.54. The topological polar surface area (TPSA) is 94.4 Å². The number of nitrogens with zero attached hydrogens (tertiary/aromatic N) is 4. The molecular weight excluding hydrogens is 447 g/mol. The van der Waals surface area contributed by atoms with Crippen molar-refractivity contribution >= 4 is 15.8 Å². The lowest BCUT2D eigenvalue weighted by atomic mass is 10.1. The molecule has 0 amide bonds. The van der Waals surface area contributed by atoms with E-state index in [1.807, 2.05) is 12.4 Å². The van der Waals surface area contributed by atoms with Crippen molar-refractivity contribution in [2.45, 2.75) is 37.2 Å². The normalized spacial score (nSPS) is 14.9. The van der Waals surface area contributed by atoms with Crippen LogP contribution < -0.4 is 15.2 Å². The van der Waals surface area contributed by atoms with E-state index in [0.717, 1.165) is 54.8 Å². The zero-order valence-electron chi connectivity index (χ0n) is 18.4. The Hall–Kier alpha value is -3.27. The van der Waals surface area contributed by atoms with E-state index in [9.17, 15) is 17.6 Å². The Labute approximate surface area is 191 Å². The summed E-state index contributed by atoms with van der Waals surface area (Å²) in [5.74, 6) is 0.318. The van der Waals surface area contributed by atoms with E-state index in [1.165, 1.54) is 24.4 Å². The first-order valence-corrected chi connectivity index (χ1v) is 12.6. The predicted molar refractivity (Wildman–Crippen MR) is 122 cm³/mol. The van der Waals surface area contributed by atoms with E-state index in [2.05, 4.69) is 21.8 Å². The number of hydrogen-bond donors (Lipinski definition) is 0. The summed E-state index contributed by atoms with van der Waals surface area (Å²) < 4.78 is 44.8. The first-order chi connectivity index (χ1) is 15.7. The Morgan fingerprint density at radius 1 is 1.12 bits per heavy atom. The van der Waals surface area contributed by atoms with Gasteiger partial charge in [-0.2, -0.15) is 0 Å². The van der Waals surface area contributed by atoms with Crippen LogP contribution in [-0.2, 0) is 16.3 Å². The van der Waals surface area contributed by atoms with Crippen molar-refractivity contribution in [2.24, 2.45) is 0 Å². The lowest BCUT2D eigenvalue weighted by Crippen LogP contribution is -2.39. The van der Waals surface area contributed by atoms with Gasteiger partial charge in [-0.05, 0) is 36.2 Å². The van der Waals surface area contributed by atoms with E-state index in [-0.39, 0.29) is 16.7 Å². The van der Waals surface area contributed by atoms with E-state index in [0.29, 0.717) is 11.7 Å². The molecule has 0 spiro atoms. The van der Waals surface area contributed by atoms with E-state index < -0.39 is 21.2 Å². The molecule has 1 aliphatic rings. The lowest BCUT2D eigenvalue weighted by molar-refractivity contribution is 0.170. The Morgan fingerprint density at radius 3 is 2.39 bits per heavy atom. The highest BCUT2D eigenvalue weighted by atomic mass is 32.2. The Bertz CT molecular complexity index is 1300. The van der Waals surface area contributed by atoms with E-state index in [1.54, 1.807) is 6.07 Å². The number of benzene rings is 1. The molecule has 1 saturated heterocycles. The maximum Gasteiger partial charge on any atom is 0.258 e. The van der Waals surface area contributed by atoms with Gasteiger partial charge < -0.3 is 9.64 Å². The molecule has 0 atom stereocenters. The van der Waals surface area contributed by atoms with Gasteiger partial charge in [-0.1, -0.05) is 6.92 Å². The standard InChI is InChI=1S/C23H25FN4O4S/c1-3-16-14-25-23(26-15-16)27-9-6-17(7-10-27)32-18-8-11-28(22(29)12-18)21-5-4-19(13-20(21)24)33(2,30)31/h4-5,8,11-15,17H,3,6-7,9-10H2,1-2H3. The summed E-state index contributed by atoms with van der Waals surface area (Å²) in [7, 11) is -3.54. The molecule has 0 aliphatic carbocycles. The van der Waals surface area contributed by atoms with Gasteiger partial charge in [0.25, 0.3) is 5.56 Å². The fourth-order valence-electron chi connectivity index (χ4n) is 3.71. The summed E-state index contributed by atoms with van der Waals surface area (Å²) in [4.78, 5) is 23.4. The molecule has 0 N–H and O–H groups in total. The fraction of sp³-hybridized carbons (Fsp3) is 0.348. The second kappa shape index (κ2) is 9.30. The fourth-order valence-corrected chi connectivity index (χ4v) is 4.34. The minimum Gasteiger partial charge on any atom is -0.490 e. The second-order valence-corrected chi connectivity index (χ2v) is 10.0. The van der Waals surface area contributed by atoms with E-state index in [4.69, 9.17) is 4.74 Å². The zero-order valence-corrected chi connectivity index (χ0v) is 19.3. The molecule has 33 heavy (non-hydrogen) atoms. The van der Waals surface area contributed by atoms with Crippen LogP contribution in [0.1, 0.15) is 25.3 Å². The van der Waals surface area contributed by atoms with Crippen molar-refractivity contribution in [3.8, 4) is 11.4 Å². The highest BCUT2D eigenvalue weighted by Crippen LogP contribution is 2.22. The van der Waals surface area contributed by atoms with Crippen LogP contribution in [0.25, 0.3) is 5.69 Å². The average molecular weight is 473 g/mol. The molecule has 0 radical (unpaired) electrons.